The van der Waals surface area contributed by atoms with Crippen LogP contribution in [0, 0.1) is 5.92 Å². The Morgan fingerprint density at radius 3 is 3.07 bits per heavy atom. The van der Waals surface area contributed by atoms with E-state index in [1.807, 2.05) is 11.6 Å². The van der Waals surface area contributed by atoms with Gasteiger partial charge in [0.25, 0.3) is 0 Å². The van der Waals surface area contributed by atoms with Crippen LogP contribution in [0.2, 0.25) is 0 Å². The van der Waals surface area contributed by atoms with E-state index in [0.717, 1.165) is 11.7 Å². The summed E-state index contributed by atoms with van der Waals surface area (Å²) in [6, 6.07) is 0. The van der Waals surface area contributed by atoms with Crippen molar-refractivity contribution in [1.82, 2.24) is 4.98 Å². The highest BCUT2D eigenvalue weighted by atomic mass is 35.5. The molecule has 1 aromatic rings. The Balaban J connectivity index is 1.79. The molecule has 2 unspecified atom stereocenters. The molecule has 2 atom stereocenters. The van der Waals surface area contributed by atoms with Gasteiger partial charge in [0.15, 0.2) is 5.13 Å². The van der Waals surface area contributed by atoms with Crippen LogP contribution in [0.25, 0.3) is 0 Å². The maximum Gasteiger partial charge on any atom is 0.182 e. The second-order valence-electron chi connectivity index (χ2n) is 3.78. The number of thiazole rings is 1. The Kier molecular flexibility index (Phi) is 3.65. The lowest BCUT2D eigenvalue weighted by Crippen LogP contribution is -2.26. The summed E-state index contributed by atoms with van der Waals surface area (Å²) in [5, 5.41) is 6.71. The van der Waals surface area contributed by atoms with E-state index in [-0.39, 0.29) is 0 Å². The second kappa shape index (κ2) is 4.99. The van der Waals surface area contributed by atoms with Crippen LogP contribution in [0.1, 0.15) is 25.7 Å². The van der Waals surface area contributed by atoms with Gasteiger partial charge in [-0.15, -0.1) is 22.9 Å². The first-order valence-electron chi connectivity index (χ1n) is 5.13. The molecule has 0 radical (unpaired) electrons. The van der Waals surface area contributed by atoms with Crippen LogP contribution in [-0.4, -0.2) is 16.9 Å². The van der Waals surface area contributed by atoms with Crippen LogP contribution in [0.15, 0.2) is 11.6 Å². The molecule has 2 rings (SSSR count). The normalized spacial score (nSPS) is 27.5. The van der Waals surface area contributed by atoms with Crippen molar-refractivity contribution in [2.75, 3.05) is 11.9 Å². The van der Waals surface area contributed by atoms with Gasteiger partial charge in [-0.05, 0) is 18.8 Å². The molecule has 1 aliphatic rings. The lowest BCUT2D eigenvalue weighted by molar-refractivity contribution is 0.380. The summed E-state index contributed by atoms with van der Waals surface area (Å²) in [6.07, 6.45) is 6.87. The Labute approximate surface area is 93.7 Å². The second-order valence-corrected chi connectivity index (χ2v) is 5.23. The number of halogens is 1. The van der Waals surface area contributed by atoms with Gasteiger partial charge in [0.05, 0.1) is 0 Å². The third-order valence-corrected chi connectivity index (χ3v) is 4.07. The smallest absolute Gasteiger partial charge is 0.182 e. The van der Waals surface area contributed by atoms with Crippen molar-refractivity contribution < 1.29 is 0 Å². The van der Waals surface area contributed by atoms with E-state index in [2.05, 4.69) is 10.3 Å². The highest BCUT2D eigenvalue weighted by molar-refractivity contribution is 7.13. The molecule has 1 N–H and O–H groups in total. The molecule has 78 valence electrons. The maximum absolute atomic E-state index is 6.27. The van der Waals surface area contributed by atoms with Gasteiger partial charge in [-0.3, -0.25) is 0 Å². The number of rotatable bonds is 3. The highest BCUT2D eigenvalue weighted by Gasteiger charge is 2.22. The van der Waals surface area contributed by atoms with Crippen molar-refractivity contribution in [2.24, 2.45) is 5.92 Å². The third-order valence-electron chi connectivity index (χ3n) is 2.76. The zero-order valence-electron chi connectivity index (χ0n) is 8.08. The van der Waals surface area contributed by atoms with Gasteiger partial charge in [-0.25, -0.2) is 4.98 Å². The van der Waals surface area contributed by atoms with Crippen molar-refractivity contribution in [2.45, 2.75) is 31.1 Å². The lowest BCUT2D eigenvalue weighted by Gasteiger charge is -2.26. The van der Waals surface area contributed by atoms with Crippen LogP contribution < -0.4 is 5.32 Å². The van der Waals surface area contributed by atoms with E-state index in [4.69, 9.17) is 11.6 Å². The molecular formula is C10H15ClN2S. The van der Waals surface area contributed by atoms with Crippen molar-refractivity contribution in [1.29, 1.82) is 0 Å². The molecule has 14 heavy (non-hydrogen) atoms. The summed E-state index contributed by atoms with van der Waals surface area (Å²) in [7, 11) is 0. The maximum atomic E-state index is 6.27. The Morgan fingerprint density at radius 1 is 1.50 bits per heavy atom. The molecule has 2 nitrogen and oxygen atoms in total. The summed E-state index contributed by atoms with van der Waals surface area (Å²) < 4.78 is 0. The fraction of sp³-hybridized carbons (Fsp3) is 0.700. The van der Waals surface area contributed by atoms with Crippen LogP contribution in [0.5, 0.6) is 0 Å². The molecule has 1 aliphatic carbocycles. The lowest BCUT2D eigenvalue weighted by atomic mass is 9.89. The third kappa shape index (κ3) is 2.61. The van der Waals surface area contributed by atoms with Gasteiger partial charge in [-0.1, -0.05) is 12.8 Å². The topological polar surface area (TPSA) is 24.9 Å². The molecule has 0 amide bonds. The predicted molar refractivity (Wildman–Crippen MR) is 62.2 cm³/mol. The molecule has 1 heterocycles. The summed E-state index contributed by atoms with van der Waals surface area (Å²) >= 11 is 7.91. The quantitative estimate of drug-likeness (QED) is 0.806. The van der Waals surface area contributed by atoms with E-state index in [1.54, 1.807) is 11.3 Å². The number of nitrogens with one attached hydrogen (secondary N) is 1. The minimum Gasteiger partial charge on any atom is -0.361 e. The van der Waals surface area contributed by atoms with E-state index >= 15 is 0 Å². The number of nitrogens with zero attached hydrogens (tertiary/aromatic N) is 1. The molecule has 0 saturated heterocycles. The minimum atomic E-state index is 0.358. The van der Waals surface area contributed by atoms with Gasteiger partial charge < -0.3 is 5.32 Å². The van der Waals surface area contributed by atoms with Gasteiger partial charge in [-0.2, -0.15) is 0 Å². The van der Waals surface area contributed by atoms with Gasteiger partial charge >= 0.3 is 0 Å². The average molecular weight is 231 g/mol. The molecule has 0 bridgehead atoms. The predicted octanol–water partition coefficient (Wildman–Crippen LogP) is 3.35. The van der Waals surface area contributed by atoms with E-state index in [9.17, 15) is 0 Å². The number of hydrogen-bond donors (Lipinski definition) is 1. The molecule has 1 saturated carbocycles. The monoisotopic (exact) mass is 230 g/mol. The molecule has 0 aromatic carbocycles. The van der Waals surface area contributed by atoms with Crippen molar-refractivity contribution in [3.8, 4) is 0 Å². The summed E-state index contributed by atoms with van der Waals surface area (Å²) in [6.45, 7) is 0.974. The van der Waals surface area contributed by atoms with Crippen LogP contribution in [0.4, 0.5) is 5.13 Å². The Bertz CT molecular complexity index is 263. The zero-order valence-corrected chi connectivity index (χ0v) is 9.65. The summed E-state index contributed by atoms with van der Waals surface area (Å²) in [4.78, 5) is 4.19. The first-order chi connectivity index (χ1) is 6.86. The SMILES string of the molecule is ClC1CCCCC1CNc1nccs1. The minimum absolute atomic E-state index is 0.358. The van der Waals surface area contributed by atoms with E-state index in [0.29, 0.717) is 11.3 Å². The van der Waals surface area contributed by atoms with E-state index in [1.165, 1.54) is 25.7 Å². The first kappa shape index (κ1) is 10.2. The Morgan fingerprint density at radius 2 is 2.36 bits per heavy atom. The first-order valence-corrected chi connectivity index (χ1v) is 6.45. The van der Waals surface area contributed by atoms with Crippen LogP contribution in [0.3, 0.4) is 0 Å². The van der Waals surface area contributed by atoms with E-state index < -0.39 is 0 Å². The number of aromatic nitrogens is 1. The zero-order chi connectivity index (χ0) is 9.80. The standard InChI is InChI=1S/C10H15ClN2S/c11-9-4-2-1-3-8(9)7-13-10-12-5-6-14-10/h5-6,8-9H,1-4,7H2,(H,12,13). The van der Waals surface area contributed by atoms with Gasteiger partial charge in [0.2, 0.25) is 0 Å². The Hall–Kier alpha value is -0.280. The van der Waals surface area contributed by atoms with Crippen molar-refractivity contribution in [3.05, 3.63) is 11.6 Å². The fourth-order valence-electron chi connectivity index (χ4n) is 1.92. The van der Waals surface area contributed by atoms with Crippen molar-refractivity contribution >= 4 is 28.1 Å². The molecule has 1 aromatic heterocycles. The van der Waals surface area contributed by atoms with Gasteiger partial charge in [0.1, 0.15) is 0 Å². The highest BCUT2D eigenvalue weighted by Crippen LogP contribution is 2.28. The summed E-state index contributed by atoms with van der Waals surface area (Å²) in [5.41, 5.74) is 0. The van der Waals surface area contributed by atoms with Crippen LogP contribution >= 0.6 is 22.9 Å². The van der Waals surface area contributed by atoms with Gasteiger partial charge in [0, 0.05) is 23.5 Å². The summed E-state index contributed by atoms with van der Waals surface area (Å²) in [5.74, 6) is 0.620. The largest absolute Gasteiger partial charge is 0.361 e. The molecular weight excluding hydrogens is 216 g/mol. The molecule has 0 aliphatic heterocycles. The fourth-order valence-corrected chi connectivity index (χ4v) is 2.83. The molecule has 1 fully saturated rings. The number of anilines is 1. The number of hydrogen-bond acceptors (Lipinski definition) is 3. The molecule has 4 heteroatoms. The molecule has 0 spiro atoms. The average Bonchev–Trinajstić information content (AvgIpc) is 2.69. The van der Waals surface area contributed by atoms with Crippen LogP contribution in [-0.2, 0) is 0 Å². The number of alkyl halides is 1. The van der Waals surface area contributed by atoms with Crippen molar-refractivity contribution in [3.63, 3.8) is 0 Å².